The first kappa shape index (κ1) is 19.2. The second-order valence-electron chi connectivity index (χ2n) is 6.86. The van der Waals surface area contributed by atoms with Crippen LogP contribution in [0, 0.1) is 13.8 Å². The van der Waals surface area contributed by atoms with Gasteiger partial charge in [-0.25, -0.2) is 4.79 Å². The molecular weight excluding hydrogens is 318 g/mol. The number of nitrogens with zero attached hydrogens (tertiary/aromatic N) is 2. The van der Waals surface area contributed by atoms with E-state index >= 15 is 0 Å². The summed E-state index contributed by atoms with van der Waals surface area (Å²) in [4.78, 5) is 39.1. The lowest BCUT2D eigenvalue weighted by Crippen LogP contribution is -2.47. The molecule has 6 nitrogen and oxygen atoms in total. The molecule has 1 fully saturated rings. The quantitative estimate of drug-likeness (QED) is 0.580. The lowest BCUT2D eigenvalue weighted by Gasteiger charge is -2.25. The number of rotatable bonds is 8. The third-order valence-corrected chi connectivity index (χ3v) is 5.09. The van der Waals surface area contributed by atoms with Crippen molar-refractivity contribution in [2.45, 2.75) is 72.4 Å². The van der Waals surface area contributed by atoms with Gasteiger partial charge in [-0.3, -0.25) is 14.5 Å². The first-order valence-electron chi connectivity index (χ1n) is 9.15. The molecule has 6 heteroatoms. The second kappa shape index (κ2) is 7.42. The highest BCUT2D eigenvalue weighted by Gasteiger charge is 2.50. The van der Waals surface area contributed by atoms with Gasteiger partial charge in [0.2, 0.25) is 0 Å². The molecule has 138 valence electrons. The van der Waals surface area contributed by atoms with Crippen LogP contribution in [0.3, 0.4) is 0 Å². The predicted octanol–water partition coefficient (Wildman–Crippen LogP) is 3.20. The number of Topliss-reactive ketones (excluding diaryl/α,β-unsaturated/α-hetero) is 1. The van der Waals surface area contributed by atoms with Crippen LogP contribution in [0.4, 0.5) is 4.79 Å². The molecule has 1 aromatic rings. The van der Waals surface area contributed by atoms with Crippen molar-refractivity contribution in [1.82, 2.24) is 14.8 Å². The Hall–Kier alpha value is -2.11. The van der Waals surface area contributed by atoms with Crippen LogP contribution in [0.25, 0.3) is 0 Å². The zero-order valence-corrected chi connectivity index (χ0v) is 15.9. The van der Waals surface area contributed by atoms with Crippen LogP contribution in [0.2, 0.25) is 0 Å². The molecule has 1 N–H and O–H groups in total. The average molecular weight is 347 g/mol. The van der Waals surface area contributed by atoms with Crippen molar-refractivity contribution < 1.29 is 14.4 Å². The average Bonchev–Trinajstić information content (AvgIpc) is 2.96. The van der Waals surface area contributed by atoms with Crippen LogP contribution in [-0.2, 0) is 11.3 Å². The number of aryl methyl sites for hydroxylation is 1. The fourth-order valence-corrected chi connectivity index (χ4v) is 3.94. The monoisotopic (exact) mass is 347 g/mol. The molecule has 1 saturated heterocycles. The summed E-state index contributed by atoms with van der Waals surface area (Å²) in [5.41, 5.74) is 1.63. The topological polar surface area (TPSA) is 71.4 Å². The SMILES string of the molecule is CCCC1(CCC)NC(=O)N(CC(=O)c2cc(C)n(CC)c2C)C1=O. The van der Waals surface area contributed by atoms with Crippen LogP contribution in [0.5, 0.6) is 0 Å². The Morgan fingerprint density at radius 2 is 1.72 bits per heavy atom. The van der Waals surface area contributed by atoms with E-state index in [0.29, 0.717) is 18.4 Å². The predicted molar refractivity (Wildman–Crippen MR) is 96.7 cm³/mol. The fraction of sp³-hybridized carbons (Fsp3) is 0.632. The van der Waals surface area contributed by atoms with E-state index in [1.54, 1.807) is 0 Å². The molecule has 0 spiro atoms. The Balaban J connectivity index is 2.24. The molecule has 0 saturated carbocycles. The summed E-state index contributed by atoms with van der Waals surface area (Å²) < 4.78 is 2.05. The van der Waals surface area contributed by atoms with E-state index < -0.39 is 11.6 Å². The molecule has 0 atom stereocenters. The maximum absolute atomic E-state index is 12.9. The molecular formula is C19H29N3O3. The summed E-state index contributed by atoms with van der Waals surface area (Å²) in [6.45, 7) is 10.4. The third kappa shape index (κ3) is 3.34. The van der Waals surface area contributed by atoms with Crippen molar-refractivity contribution >= 4 is 17.7 Å². The van der Waals surface area contributed by atoms with E-state index in [1.807, 2.05) is 40.7 Å². The highest BCUT2D eigenvalue weighted by molar-refractivity contribution is 6.11. The summed E-state index contributed by atoms with van der Waals surface area (Å²) in [5, 5.41) is 2.85. The molecule has 0 unspecified atom stereocenters. The normalized spacial score (nSPS) is 16.4. The Morgan fingerprint density at radius 3 is 2.20 bits per heavy atom. The Morgan fingerprint density at radius 1 is 1.12 bits per heavy atom. The molecule has 0 bridgehead atoms. The van der Waals surface area contributed by atoms with Gasteiger partial charge in [-0.05, 0) is 39.7 Å². The number of hydrogen-bond acceptors (Lipinski definition) is 3. The van der Waals surface area contributed by atoms with Crippen LogP contribution < -0.4 is 5.32 Å². The summed E-state index contributed by atoms with van der Waals surface area (Å²) in [6.07, 6.45) is 2.79. The first-order chi connectivity index (χ1) is 11.8. The molecule has 2 rings (SSSR count). The number of ketones is 1. The van der Waals surface area contributed by atoms with Gasteiger partial charge in [0, 0.05) is 23.5 Å². The van der Waals surface area contributed by atoms with E-state index in [0.717, 1.165) is 35.7 Å². The standard InChI is InChI=1S/C19H29N3O3/c1-6-9-19(10-7-2)17(24)22(18(25)20-19)12-16(23)15-11-13(4)21(8-3)14(15)5/h11H,6-10,12H2,1-5H3,(H,20,25). The lowest BCUT2D eigenvalue weighted by atomic mass is 9.88. The number of imide groups is 1. The van der Waals surface area contributed by atoms with Crippen molar-refractivity contribution in [3.8, 4) is 0 Å². The Kier molecular flexibility index (Phi) is 5.70. The van der Waals surface area contributed by atoms with E-state index in [9.17, 15) is 14.4 Å². The number of hydrogen-bond donors (Lipinski definition) is 1. The molecule has 0 radical (unpaired) electrons. The first-order valence-corrected chi connectivity index (χ1v) is 9.15. The van der Waals surface area contributed by atoms with Gasteiger partial charge in [0.05, 0.1) is 6.54 Å². The smallest absolute Gasteiger partial charge is 0.325 e. The Bertz CT molecular complexity index is 684. The molecule has 1 aliphatic rings. The van der Waals surface area contributed by atoms with Crippen LogP contribution in [0.1, 0.15) is 68.2 Å². The minimum Gasteiger partial charge on any atom is -0.349 e. The van der Waals surface area contributed by atoms with E-state index in [1.165, 1.54) is 0 Å². The van der Waals surface area contributed by atoms with Crippen LogP contribution >= 0.6 is 0 Å². The van der Waals surface area contributed by atoms with Gasteiger partial charge in [0.1, 0.15) is 5.54 Å². The van der Waals surface area contributed by atoms with Gasteiger partial charge in [0.25, 0.3) is 5.91 Å². The maximum atomic E-state index is 12.9. The van der Waals surface area contributed by atoms with Gasteiger partial charge in [-0.1, -0.05) is 26.7 Å². The van der Waals surface area contributed by atoms with Gasteiger partial charge in [-0.15, -0.1) is 0 Å². The number of urea groups is 1. The Labute approximate surface area is 149 Å². The zero-order valence-electron chi connectivity index (χ0n) is 15.9. The van der Waals surface area contributed by atoms with Crippen molar-refractivity contribution in [3.63, 3.8) is 0 Å². The number of nitrogens with one attached hydrogen (secondary N) is 1. The van der Waals surface area contributed by atoms with E-state index in [-0.39, 0.29) is 18.2 Å². The largest absolute Gasteiger partial charge is 0.349 e. The van der Waals surface area contributed by atoms with Gasteiger partial charge < -0.3 is 9.88 Å². The number of carbonyl (C=O) groups is 3. The number of carbonyl (C=O) groups excluding carboxylic acids is 3. The minimum absolute atomic E-state index is 0.194. The van der Waals surface area contributed by atoms with Gasteiger partial charge in [0.15, 0.2) is 5.78 Å². The van der Waals surface area contributed by atoms with Crippen LogP contribution in [0.15, 0.2) is 6.07 Å². The van der Waals surface area contributed by atoms with Crippen molar-refractivity contribution in [3.05, 3.63) is 23.0 Å². The molecule has 2 heterocycles. The molecule has 1 aliphatic heterocycles. The summed E-state index contributed by atoms with van der Waals surface area (Å²) in [5.74, 6) is -0.459. The van der Waals surface area contributed by atoms with Crippen LogP contribution in [-0.4, -0.2) is 39.3 Å². The summed E-state index contributed by atoms with van der Waals surface area (Å²) >= 11 is 0. The fourth-order valence-electron chi connectivity index (χ4n) is 3.94. The molecule has 0 aromatic carbocycles. The number of aromatic nitrogens is 1. The molecule has 25 heavy (non-hydrogen) atoms. The lowest BCUT2D eigenvalue weighted by molar-refractivity contribution is -0.131. The number of amides is 3. The molecule has 0 aliphatic carbocycles. The third-order valence-electron chi connectivity index (χ3n) is 5.09. The highest BCUT2D eigenvalue weighted by atomic mass is 16.2. The minimum atomic E-state index is -0.846. The molecule has 3 amide bonds. The van der Waals surface area contributed by atoms with E-state index in [4.69, 9.17) is 0 Å². The molecule has 1 aromatic heterocycles. The van der Waals surface area contributed by atoms with Crippen molar-refractivity contribution in [2.24, 2.45) is 0 Å². The summed E-state index contributed by atoms with van der Waals surface area (Å²) in [6, 6.07) is 1.38. The maximum Gasteiger partial charge on any atom is 0.325 e. The summed E-state index contributed by atoms with van der Waals surface area (Å²) in [7, 11) is 0. The second-order valence-corrected chi connectivity index (χ2v) is 6.86. The van der Waals surface area contributed by atoms with Crippen molar-refractivity contribution in [1.29, 1.82) is 0 Å². The van der Waals surface area contributed by atoms with Gasteiger partial charge >= 0.3 is 6.03 Å². The zero-order chi connectivity index (χ0) is 18.8. The van der Waals surface area contributed by atoms with Crippen molar-refractivity contribution in [2.75, 3.05) is 6.54 Å². The van der Waals surface area contributed by atoms with Gasteiger partial charge in [-0.2, -0.15) is 0 Å². The highest BCUT2D eigenvalue weighted by Crippen LogP contribution is 2.28. The van der Waals surface area contributed by atoms with E-state index in [2.05, 4.69) is 9.88 Å².